The van der Waals surface area contributed by atoms with Crippen molar-refractivity contribution in [2.24, 2.45) is 0 Å². The lowest BCUT2D eigenvalue weighted by Crippen LogP contribution is -1.94. The van der Waals surface area contributed by atoms with Crippen molar-refractivity contribution in [3.8, 4) is 0 Å². The van der Waals surface area contributed by atoms with Gasteiger partial charge >= 0.3 is 0 Å². The highest BCUT2D eigenvalue weighted by Gasteiger charge is 2.16. The molecule has 1 aliphatic rings. The minimum Gasteiger partial charge on any atom is -0.253 e. The van der Waals surface area contributed by atoms with Crippen LogP contribution in [0, 0.1) is 12.7 Å². The monoisotopic (exact) mass is 201 g/mol. The zero-order valence-electron chi connectivity index (χ0n) is 8.68. The van der Waals surface area contributed by atoms with E-state index in [0.29, 0.717) is 0 Å². The molecule has 3 rings (SSSR count). The van der Waals surface area contributed by atoms with E-state index in [1.54, 1.807) is 12.1 Å². The summed E-state index contributed by atoms with van der Waals surface area (Å²) in [6.07, 6.45) is 3.35. The highest BCUT2D eigenvalue weighted by atomic mass is 19.1. The topological polar surface area (TPSA) is 12.9 Å². The quantitative estimate of drug-likeness (QED) is 0.638. The molecule has 2 heteroatoms. The van der Waals surface area contributed by atoms with Gasteiger partial charge < -0.3 is 0 Å². The molecule has 0 bridgehead atoms. The van der Waals surface area contributed by atoms with Gasteiger partial charge in [-0.05, 0) is 55.5 Å². The molecule has 0 spiro atoms. The highest BCUT2D eigenvalue weighted by molar-refractivity contribution is 5.83. The van der Waals surface area contributed by atoms with Gasteiger partial charge in [-0.15, -0.1) is 0 Å². The van der Waals surface area contributed by atoms with Gasteiger partial charge in [0.1, 0.15) is 5.82 Å². The summed E-state index contributed by atoms with van der Waals surface area (Å²) >= 11 is 0. The van der Waals surface area contributed by atoms with Crippen molar-refractivity contribution in [1.29, 1.82) is 0 Å². The third kappa shape index (κ3) is 1.24. The molecule has 76 valence electrons. The molecule has 1 aromatic heterocycles. The van der Waals surface area contributed by atoms with Crippen molar-refractivity contribution in [2.45, 2.75) is 26.2 Å². The highest BCUT2D eigenvalue weighted by Crippen LogP contribution is 2.29. The average molecular weight is 201 g/mol. The first-order valence-corrected chi connectivity index (χ1v) is 5.33. The van der Waals surface area contributed by atoms with E-state index < -0.39 is 0 Å². The first-order valence-electron chi connectivity index (χ1n) is 5.33. The summed E-state index contributed by atoms with van der Waals surface area (Å²) in [7, 11) is 0. The fraction of sp³-hybridized carbons (Fsp3) is 0.308. The molecule has 2 aromatic rings. The minimum absolute atomic E-state index is 0.176. The number of aromatic nitrogens is 1. The average Bonchev–Trinajstić information content (AvgIpc) is 2.68. The van der Waals surface area contributed by atoms with Crippen molar-refractivity contribution < 1.29 is 4.39 Å². The van der Waals surface area contributed by atoms with Crippen LogP contribution in [0.5, 0.6) is 0 Å². The van der Waals surface area contributed by atoms with Crippen molar-refractivity contribution in [3.05, 3.63) is 40.8 Å². The largest absolute Gasteiger partial charge is 0.253 e. The second kappa shape index (κ2) is 3.02. The smallest absolute Gasteiger partial charge is 0.123 e. The molecule has 0 radical (unpaired) electrons. The lowest BCUT2D eigenvalue weighted by atomic mass is 10.0. The summed E-state index contributed by atoms with van der Waals surface area (Å²) in [4.78, 5) is 4.59. The molecule has 1 aliphatic carbocycles. The molecule has 0 N–H and O–H groups in total. The fourth-order valence-electron chi connectivity index (χ4n) is 2.47. The van der Waals surface area contributed by atoms with E-state index >= 15 is 0 Å². The molecule has 0 fully saturated rings. The number of aryl methyl sites for hydroxylation is 2. The van der Waals surface area contributed by atoms with Gasteiger partial charge in [-0.2, -0.15) is 0 Å². The van der Waals surface area contributed by atoms with Crippen LogP contribution in [0.4, 0.5) is 4.39 Å². The van der Waals surface area contributed by atoms with Crippen LogP contribution in [0.2, 0.25) is 0 Å². The Kier molecular flexibility index (Phi) is 1.78. The molecular weight excluding hydrogens is 189 g/mol. The summed E-state index contributed by atoms with van der Waals surface area (Å²) in [6, 6.07) is 4.85. The molecule has 1 aromatic carbocycles. The standard InChI is InChI=1S/C13H12FN/c1-8-10-3-2-4-12(10)15-13-6-5-9(14)7-11(8)13/h5-7H,2-4H2,1H3. The number of halogens is 1. The number of hydrogen-bond donors (Lipinski definition) is 0. The van der Waals surface area contributed by atoms with Crippen LogP contribution in [0.3, 0.4) is 0 Å². The Bertz CT molecular complexity index is 546. The first-order chi connectivity index (χ1) is 7.25. The predicted octanol–water partition coefficient (Wildman–Crippen LogP) is 3.17. The van der Waals surface area contributed by atoms with Gasteiger partial charge in [0.15, 0.2) is 0 Å². The maximum absolute atomic E-state index is 13.1. The van der Waals surface area contributed by atoms with E-state index in [1.807, 2.05) is 0 Å². The Morgan fingerprint density at radius 2 is 2.13 bits per heavy atom. The Morgan fingerprint density at radius 1 is 1.27 bits per heavy atom. The van der Waals surface area contributed by atoms with Crippen molar-refractivity contribution >= 4 is 10.9 Å². The second-order valence-electron chi connectivity index (χ2n) is 4.18. The van der Waals surface area contributed by atoms with Gasteiger partial charge in [-0.25, -0.2) is 4.39 Å². The predicted molar refractivity (Wildman–Crippen MR) is 58.5 cm³/mol. The third-order valence-electron chi connectivity index (χ3n) is 3.26. The van der Waals surface area contributed by atoms with Gasteiger partial charge in [0.05, 0.1) is 5.52 Å². The molecule has 0 atom stereocenters. The Morgan fingerprint density at radius 3 is 3.00 bits per heavy atom. The lowest BCUT2D eigenvalue weighted by molar-refractivity contribution is 0.629. The third-order valence-corrected chi connectivity index (χ3v) is 3.26. The van der Waals surface area contributed by atoms with E-state index in [1.165, 1.54) is 29.3 Å². The van der Waals surface area contributed by atoms with Crippen LogP contribution in [-0.2, 0) is 12.8 Å². The van der Waals surface area contributed by atoms with Gasteiger partial charge in [0, 0.05) is 11.1 Å². The number of nitrogens with zero attached hydrogens (tertiary/aromatic N) is 1. The van der Waals surface area contributed by atoms with Crippen LogP contribution < -0.4 is 0 Å². The van der Waals surface area contributed by atoms with Crippen LogP contribution in [-0.4, -0.2) is 4.98 Å². The number of hydrogen-bond acceptors (Lipinski definition) is 1. The molecule has 15 heavy (non-hydrogen) atoms. The zero-order chi connectivity index (χ0) is 10.4. The molecule has 0 unspecified atom stereocenters. The SMILES string of the molecule is Cc1c2c(nc3ccc(F)cc13)CCC2. The van der Waals surface area contributed by atoms with E-state index in [2.05, 4.69) is 11.9 Å². The van der Waals surface area contributed by atoms with Crippen LogP contribution in [0.25, 0.3) is 10.9 Å². The summed E-state index contributed by atoms with van der Waals surface area (Å²) in [5.41, 5.74) is 4.70. The molecule has 0 aliphatic heterocycles. The molecule has 0 saturated carbocycles. The van der Waals surface area contributed by atoms with Gasteiger partial charge in [-0.3, -0.25) is 4.98 Å². The molecule has 1 heterocycles. The fourth-order valence-corrected chi connectivity index (χ4v) is 2.47. The second-order valence-corrected chi connectivity index (χ2v) is 4.18. The number of benzene rings is 1. The van der Waals surface area contributed by atoms with Crippen molar-refractivity contribution in [1.82, 2.24) is 4.98 Å². The van der Waals surface area contributed by atoms with Crippen LogP contribution in [0.1, 0.15) is 23.2 Å². The van der Waals surface area contributed by atoms with Gasteiger partial charge in [0.25, 0.3) is 0 Å². The maximum Gasteiger partial charge on any atom is 0.123 e. The number of pyridine rings is 1. The van der Waals surface area contributed by atoms with E-state index in [-0.39, 0.29) is 5.82 Å². The zero-order valence-corrected chi connectivity index (χ0v) is 8.68. The first kappa shape index (κ1) is 8.84. The van der Waals surface area contributed by atoms with Gasteiger partial charge in [0.2, 0.25) is 0 Å². The van der Waals surface area contributed by atoms with E-state index in [9.17, 15) is 4.39 Å². The normalized spacial score (nSPS) is 14.5. The molecular formula is C13H12FN. The Labute approximate surface area is 88.0 Å². The summed E-state index contributed by atoms with van der Waals surface area (Å²) in [5.74, 6) is -0.176. The lowest BCUT2D eigenvalue weighted by Gasteiger charge is -2.07. The summed E-state index contributed by atoms with van der Waals surface area (Å²) < 4.78 is 13.1. The number of fused-ring (bicyclic) bond motifs is 2. The van der Waals surface area contributed by atoms with Crippen LogP contribution in [0.15, 0.2) is 18.2 Å². The molecule has 0 amide bonds. The maximum atomic E-state index is 13.1. The van der Waals surface area contributed by atoms with E-state index in [0.717, 1.165) is 23.7 Å². The minimum atomic E-state index is -0.176. The number of rotatable bonds is 0. The summed E-state index contributed by atoms with van der Waals surface area (Å²) in [6.45, 7) is 2.08. The van der Waals surface area contributed by atoms with E-state index in [4.69, 9.17) is 0 Å². The molecule has 0 saturated heterocycles. The van der Waals surface area contributed by atoms with Crippen molar-refractivity contribution in [3.63, 3.8) is 0 Å². The van der Waals surface area contributed by atoms with Gasteiger partial charge in [-0.1, -0.05) is 0 Å². The van der Waals surface area contributed by atoms with Crippen LogP contribution >= 0.6 is 0 Å². The molecule has 1 nitrogen and oxygen atoms in total. The Hall–Kier alpha value is -1.44. The summed E-state index contributed by atoms with van der Waals surface area (Å²) in [5, 5.41) is 0.968. The Balaban J connectivity index is 2.41. The van der Waals surface area contributed by atoms with Crippen molar-refractivity contribution in [2.75, 3.05) is 0 Å².